The summed E-state index contributed by atoms with van der Waals surface area (Å²) in [7, 11) is 0. The van der Waals surface area contributed by atoms with E-state index < -0.39 is 0 Å². The first-order chi connectivity index (χ1) is 8.04. The van der Waals surface area contributed by atoms with Crippen LogP contribution in [0.5, 0.6) is 0 Å². The Morgan fingerprint density at radius 1 is 1.41 bits per heavy atom. The molecule has 2 aromatic rings. The molecule has 1 heterocycles. The number of rotatable bonds is 2. The SMILES string of the molecule is Cc1cc(=O)[nH]c(Sc2ccc(Br)cc2N)n1. The van der Waals surface area contributed by atoms with Crippen molar-refractivity contribution in [3.8, 4) is 0 Å². The molecule has 4 nitrogen and oxygen atoms in total. The summed E-state index contributed by atoms with van der Waals surface area (Å²) in [4.78, 5) is 19.1. The van der Waals surface area contributed by atoms with Crippen LogP contribution in [0.25, 0.3) is 0 Å². The third kappa shape index (κ3) is 3.10. The van der Waals surface area contributed by atoms with E-state index in [-0.39, 0.29) is 5.56 Å². The van der Waals surface area contributed by atoms with E-state index in [1.54, 1.807) is 6.92 Å². The Morgan fingerprint density at radius 3 is 2.82 bits per heavy atom. The second-order valence-electron chi connectivity index (χ2n) is 3.48. The predicted octanol–water partition coefficient (Wildman–Crippen LogP) is 2.57. The predicted molar refractivity (Wildman–Crippen MR) is 72.3 cm³/mol. The first-order valence-electron chi connectivity index (χ1n) is 4.85. The van der Waals surface area contributed by atoms with Crippen LogP contribution in [0.4, 0.5) is 5.69 Å². The van der Waals surface area contributed by atoms with E-state index in [0.29, 0.717) is 16.5 Å². The van der Waals surface area contributed by atoms with Crippen molar-refractivity contribution < 1.29 is 0 Å². The maximum atomic E-state index is 11.3. The molecule has 0 saturated heterocycles. The molecule has 0 atom stereocenters. The number of anilines is 1. The third-order valence-electron chi connectivity index (χ3n) is 2.03. The van der Waals surface area contributed by atoms with E-state index in [1.165, 1.54) is 17.8 Å². The Morgan fingerprint density at radius 2 is 2.18 bits per heavy atom. The molecule has 0 aliphatic carbocycles. The van der Waals surface area contributed by atoms with Gasteiger partial charge in [0, 0.05) is 26.8 Å². The molecule has 0 spiro atoms. The maximum absolute atomic E-state index is 11.3. The molecule has 0 aliphatic rings. The number of aryl methyl sites for hydroxylation is 1. The smallest absolute Gasteiger partial charge is 0.251 e. The van der Waals surface area contributed by atoms with Crippen LogP contribution in [0.2, 0.25) is 0 Å². The average molecular weight is 312 g/mol. The Bertz CT molecular complexity index is 612. The molecule has 0 saturated carbocycles. The summed E-state index contributed by atoms with van der Waals surface area (Å²) in [6.45, 7) is 1.78. The van der Waals surface area contributed by atoms with E-state index >= 15 is 0 Å². The highest BCUT2D eigenvalue weighted by Gasteiger charge is 2.05. The number of H-pyrrole nitrogens is 1. The molecule has 0 amide bonds. The van der Waals surface area contributed by atoms with Gasteiger partial charge in [0.2, 0.25) is 0 Å². The molecule has 88 valence electrons. The minimum Gasteiger partial charge on any atom is -0.398 e. The summed E-state index contributed by atoms with van der Waals surface area (Å²) in [6, 6.07) is 7.05. The number of benzene rings is 1. The lowest BCUT2D eigenvalue weighted by molar-refractivity contribution is 0.905. The van der Waals surface area contributed by atoms with Crippen LogP contribution in [0.15, 0.2) is 43.6 Å². The van der Waals surface area contributed by atoms with Crippen molar-refractivity contribution in [2.75, 3.05) is 5.73 Å². The molecule has 6 heteroatoms. The molecule has 0 fully saturated rings. The minimum absolute atomic E-state index is 0.157. The minimum atomic E-state index is -0.157. The van der Waals surface area contributed by atoms with Crippen LogP contribution in [-0.4, -0.2) is 9.97 Å². The van der Waals surface area contributed by atoms with E-state index in [1.807, 2.05) is 18.2 Å². The molecule has 0 unspecified atom stereocenters. The molecule has 0 bridgehead atoms. The van der Waals surface area contributed by atoms with Gasteiger partial charge in [0.15, 0.2) is 5.16 Å². The fourth-order valence-electron chi connectivity index (χ4n) is 1.32. The zero-order chi connectivity index (χ0) is 12.4. The van der Waals surface area contributed by atoms with Crippen LogP contribution in [0.3, 0.4) is 0 Å². The van der Waals surface area contributed by atoms with Crippen LogP contribution >= 0.6 is 27.7 Å². The Hall–Kier alpha value is -1.27. The second kappa shape index (κ2) is 4.93. The number of nitrogen functional groups attached to an aromatic ring is 1. The Kier molecular flexibility index (Phi) is 3.54. The van der Waals surface area contributed by atoms with Crippen LogP contribution in [0.1, 0.15) is 5.69 Å². The Balaban J connectivity index is 2.34. The highest BCUT2D eigenvalue weighted by molar-refractivity contribution is 9.10. The molecule has 17 heavy (non-hydrogen) atoms. The zero-order valence-electron chi connectivity index (χ0n) is 9.03. The number of nitrogens with two attached hydrogens (primary N) is 1. The largest absolute Gasteiger partial charge is 0.398 e. The van der Waals surface area contributed by atoms with Crippen molar-refractivity contribution in [1.29, 1.82) is 0 Å². The van der Waals surface area contributed by atoms with Gasteiger partial charge in [0.25, 0.3) is 5.56 Å². The van der Waals surface area contributed by atoms with E-state index in [9.17, 15) is 4.79 Å². The number of aromatic amines is 1. The van der Waals surface area contributed by atoms with Crippen LogP contribution < -0.4 is 11.3 Å². The van der Waals surface area contributed by atoms with Gasteiger partial charge in [-0.2, -0.15) is 0 Å². The standard InChI is InChI=1S/C11H10BrN3OS/c1-6-4-10(16)15-11(14-6)17-9-3-2-7(12)5-8(9)13/h2-5H,13H2,1H3,(H,14,15,16). The number of hydrogen-bond donors (Lipinski definition) is 2. The van der Waals surface area contributed by atoms with Gasteiger partial charge < -0.3 is 10.7 Å². The van der Waals surface area contributed by atoms with Gasteiger partial charge >= 0.3 is 0 Å². The van der Waals surface area contributed by atoms with E-state index in [4.69, 9.17) is 5.73 Å². The molecule has 0 aliphatic heterocycles. The number of halogens is 1. The lowest BCUT2D eigenvalue weighted by Crippen LogP contribution is -2.08. The third-order valence-corrected chi connectivity index (χ3v) is 3.50. The fourth-order valence-corrected chi connectivity index (χ4v) is 2.56. The summed E-state index contributed by atoms with van der Waals surface area (Å²) in [5.74, 6) is 0. The lowest BCUT2D eigenvalue weighted by Gasteiger charge is -2.05. The Labute approximate surface area is 111 Å². The van der Waals surface area contributed by atoms with Gasteiger partial charge in [-0.15, -0.1) is 0 Å². The molecule has 0 radical (unpaired) electrons. The van der Waals surface area contributed by atoms with E-state index in [0.717, 1.165) is 9.37 Å². The second-order valence-corrected chi connectivity index (χ2v) is 5.42. The van der Waals surface area contributed by atoms with Crippen LogP contribution in [-0.2, 0) is 0 Å². The van der Waals surface area contributed by atoms with E-state index in [2.05, 4.69) is 25.9 Å². The highest BCUT2D eigenvalue weighted by atomic mass is 79.9. The molecular formula is C11H10BrN3OS. The van der Waals surface area contributed by atoms with Gasteiger partial charge in [-0.3, -0.25) is 4.79 Å². The number of aromatic nitrogens is 2. The van der Waals surface area contributed by atoms with Crippen molar-refractivity contribution in [2.45, 2.75) is 17.0 Å². The van der Waals surface area contributed by atoms with Crippen molar-refractivity contribution >= 4 is 33.4 Å². The first-order valence-corrected chi connectivity index (χ1v) is 6.46. The monoisotopic (exact) mass is 311 g/mol. The number of nitrogens with one attached hydrogen (secondary N) is 1. The van der Waals surface area contributed by atoms with Crippen molar-refractivity contribution in [3.05, 3.63) is 44.8 Å². The normalized spacial score (nSPS) is 10.5. The van der Waals surface area contributed by atoms with Crippen molar-refractivity contribution in [3.63, 3.8) is 0 Å². The molecular weight excluding hydrogens is 302 g/mol. The number of hydrogen-bond acceptors (Lipinski definition) is 4. The maximum Gasteiger partial charge on any atom is 0.251 e. The van der Waals surface area contributed by atoms with Crippen molar-refractivity contribution in [2.24, 2.45) is 0 Å². The summed E-state index contributed by atoms with van der Waals surface area (Å²) in [5.41, 5.74) is 7.05. The fraction of sp³-hybridized carbons (Fsp3) is 0.0909. The molecule has 1 aromatic carbocycles. The van der Waals surface area contributed by atoms with Gasteiger partial charge in [0.1, 0.15) is 0 Å². The summed E-state index contributed by atoms with van der Waals surface area (Å²) >= 11 is 4.68. The summed E-state index contributed by atoms with van der Waals surface area (Å²) in [5, 5.41) is 0.545. The first kappa shape index (κ1) is 12.2. The molecule has 1 aromatic heterocycles. The summed E-state index contributed by atoms with van der Waals surface area (Å²) < 4.78 is 0.921. The summed E-state index contributed by atoms with van der Waals surface area (Å²) in [6.07, 6.45) is 0. The lowest BCUT2D eigenvalue weighted by atomic mass is 10.3. The van der Waals surface area contributed by atoms with Crippen LogP contribution in [0, 0.1) is 6.92 Å². The molecule has 2 rings (SSSR count). The highest BCUT2D eigenvalue weighted by Crippen LogP contribution is 2.31. The van der Waals surface area contributed by atoms with Gasteiger partial charge in [-0.25, -0.2) is 4.98 Å². The molecule has 3 N–H and O–H groups in total. The number of nitrogens with zero attached hydrogens (tertiary/aromatic N) is 1. The van der Waals surface area contributed by atoms with Crippen molar-refractivity contribution in [1.82, 2.24) is 9.97 Å². The average Bonchev–Trinajstić information content (AvgIpc) is 2.21. The van der Waals surface area contributed by atoms with Gasteiger partial charge in [-0.05, 0) is 36.9 Å². The topological polar surface area (TPSA) is 71.8 Å². The zero-order valence-corrected chi connectivity index (χ0v) is 11.4. The quantitative estimate of drug-likeness (QED) is 0.660. The van der Waals surface area contributed by atoms with Gasteiger partial charge in [0.05, 0.1) is 0 Å². The van der Waals surface area contributed by atoms with Gasteiger partial charge in [-0.1, -0.05) is 15.9 Å².